The normalized spacial score (nSPS) is 9.95. The van der Waals surface area contributed by atoms with Crippen molar-refractivity contribution < 1.29 is 13.9 Å². The Morgan fingerprint density at radius 2 is 2.05 bits per heavy atom. The summed E-state index contributed by atoms with van der Waals surface area (Å²) in [6.45, 7) is 2.37. The lowest BCUT2D eigenvalue weighted by molar-refractivity contribution is 0.102. The van der Waals surface area contributed by atoms with Gasteiger partial charge in [0.05, 0.1) is 17.9 Å². The molecule has 19 heavy (non-hydrogen) atoms. The first-order valence-corrected chi connectivity index (χ1v) is 5.82. The highest BCUT2D eigenvalue weighted by Gasteiger charge is 2.10. The Morgan fingerprint density at radius 1 is 1.26 bits per heavy atom. The molecule has 0 unspecified atom stereocenters. The van der Waals surface area contributed by atoms with Crippen LogP contribution in [-0.4, -0.2) is 12.5 Å². The minimum Gasteiger partial charge on any atom is -0.492 e. The van der Waals surface area contributed by atoms with Gasteiger partial charge in [0, 0.05) is 6.07 Å². The third kappa shape index (κ3) is 3.22. The average Bonchev–Trinajstić information content (AvgIpc) is 2.42. The molecule has 0 fully saturated rings. The van der Waals surface area contributed by atoms with Crippen molar-refractivity contribution in [2.75, 3.05) is 11.9 Å². The van der Waals surface area contributed by atoms with Gasteiger partial charge < -0.3 is 14.5 Å². The topological polar surface area (TPSA) is 68.5 Å². The number of amides is 1. The lowest BCUT2D eigenvalue weighted by atomic mass is 10.2. The number of para-hydroxylation sites is 2. The molecular formula is C14H13NO4. The summed E-state index contributed by atoms with van der Waals surface area (Å²) in [6, 6.07) is 9.73. The Hall–Kier alpha value is -2.56. The number of hydrogen-bond acceptors (Lipinski definition) is 4. The van der Waals surface area contributed by atoms with E-state index in [9.17, 15) is 9.59 Å². The van der Waals surface area contributed by atoms with Crippen molar-refractivity contribution in [3.05, 3.63) is 58.6 Å². The first kappa shape index (κ1) is 12.9. The fraction of sp³-hybridized carbons (Fsp3) is 0.143. The number of benzene rings is 1. The van der Waals surface area contributed by atoms with Crippen molar-refractivity contribution in [3.63, 3.8) is 0 Å². The molecule has 0 spiro atoms. The number of nitrogens with one attached hydrogen (secondary N) is 1. The quantitative estimate of drug-likeness (QED) is 0.914. The zero-order valence-corrected chi connectivity index (χ0v) is 10.4. The van der Waals surface area contributed by atoms with E-state index >= 15 is 0 Å². The Balaban J connectivity index is 2.19. The second-order valence-corrected chi connectivity index (χ2v) is 3.73. The fourth-order valence-corrected chi connectivity index (χ4v) is 1.53. The third-order valence-electron chi connectivity index (χ3n) is 2.40. The molecule has 0 aliphatic carbocycles. The van der Waals surface area contributed by atoms with E-state index in [1.54, 1.807) is 18.2 Å². The Labute approximate surface area is 109 Å². The van der Waals surface area contributed by atoms with Crippen LogP contribution in [0.15, 0.2) is 51.9 Å². The number of hydrogen-bond donors (Lipinski definition) is 1. The molecule has 5 nitrogen and oxygen atoms in total. The molecule has 0 aliphatic rings. The highest BCUT2D eigenvalue weighted by Crippen LogP contribution is 2.24. The zero-order chi connectivity index (χ0) is 13.7. The first-order chi connectivity index (χ1) is 9.20. The van der Waals surface area contributed by atoms with Gasteiger partial charge in [0.1, 0.15) is 12.0 Å². The second kappa shape index (κ2) is 5.86. The second-order valence-electron chi connectivity index (χ2n) is 3.73. The number of anilines is 1. The van der Waals surface area contributed by atoms with Gasteiger partial charge in [0.15, 0.2) is 0 Å². The number of carbonyl (C=O) groups excluding carboxylic acids is 1. The molecule has 0 radical (unpaired) electrons. The van der Waals surface area contributed by atoms with Crippen molar-refractivity contribution >= 4 is 11.6 Å². The SMILES string of the molecule is CCOc1ccccc1NC(=O)c1ccc(=O)oc1. The van der Waals surface area contributed by atoms with Gasteiger partial charge in [-0.1, -0.05) is 12.1 Å². The van der Waals surface area contributed by atoms with Crippen LogP contribution in [-0.2, 0) is 0 Å². The lowest BCUT2D eigenvalue weighted by Crippen LogP contribution is -2.13. The minimum absolute atomic E-state index is 0.269. The van der Waals surface area contributed by atoms with E-state index in [1.807, 2.05) is 13.0 Å². The van der Waals surface area contributed by atoms with Crippen LogP contribution in [0.3, 0.4) is 0 Å². The van der Waals surface area contributed by atoms with Gasteiger partial charge in [-0.25, -0.2) is 4.79 Å². The smallest absolute Gasteiger partial charge is 0.335 e. The maximum absolute atomic E-state index is 12.0. The molecule has 98 valence electrons. The summed E-state index contributed by atoms with van der Waals surface area (Å²) in [7, 11) is 0. The summed E-state index contributed by atoms with van der Waals surface area (Å²) in [5.41, 5.74) is 0.345. The van der Waals surface area contributed by atoms with Crippen LogP contribution in [0.5, 0.6) is 5.75 Å². The van der Waals surface area contributed by atoms with Crippen molar-refractivity contribution in [3.8, 4) is 5.75 Å². The summed E-state index contributed by atoms with van der Waals surface area (Å²) in [5, 5.41) is 2.71. The molecule has 2 rings (SSSR count). The summed E-state index contributed by atoms with van der Waals surface area (Å²) < 4.78 is 10.1. The maximum atomic E-state index is 12.0. The Kier molecular flexibility index (Phi) is 3.97. The molecule has 0 atom stereocenters. The van der Waals surface area contributed by atoms with Crippen LogP contribution in [0.1, 0.15) is 17.3 Å². The first-order valence-electron chi connectivity index (χ1n) is 5.82. The standard InChI is InChI=1S/C14H13NO4/c1-2-18-12-6-4-3-5-11(12)15-14(17)10-7-8-13(16)19-9-10/h3-9H,2H2,1H3,(H,15,17). The molecule has 5 heteroatoms. The van der Waals surface area contributed by atoms with Gasteiger partial charge in [-0.15, -0.1) is 0 Å². The van der Waals surface area contributed by atoms with Crippen LogP contribution in [0.4, 0.5) is 5.69 Å². The van der Waals surface area contributed by atoms with Gasteiger partial charge >= 0.3 is 5.63 Å². The number of carbonyl (C=O) groups is 1. The van der Waals surface area contributed by atoms with Crippen molar-refractivity contribution in [2.24, 2.45) is 0 Å². The minimum atomic E-state index is -0.494. The molecule has 1 amide bonds. The highest BCUT2D eigenvalue weighted by molar-refractivity contribution is 6.04. The predicted molar refractivity (Wildman–Crippen MR) is 70.5 cm³/mol. The van der Waals surface area contributed by atoms with E-state index in [0.29, 0.717) is 18.0 Å². The molecule has 1 aromatic heterocycles. The van der Waals surface area contributed by atoms with Crippen LogP contribution in [0, 0.1) is 0 Å². The lowest BCUT2D eigenvalue weighted by Gasteiger charge is -2.10. The van der Waals surface area contributed by atoms with Gasteiger partial charge in [0.25, 0.3) is 5.91 Å². The summed E-state index contributed by atoms with van der Waals surface area (Å²) in [4.78, 5) is 22.8. The fourth-order valence-electron chi connectivity index (χ4n) is 1.53. The maximum Gasteiger partial charge on any atom is 0.335 e. The molecular weight excluding hydrogens is 246 g/mol. The average molecular weight is 259 g/mol. The molecule has 1 aromatic carbocycles. The largest absolute Gasteiger partial charge is 0.492 e. The summed E-state index contributed by atoms with van der Waals surface area (Å²) >= 11 is 0. The van der Waals surface area contributed by atoms with E-state index < -0.39 is 5.63 Å². The summed E-state index contributed by atoms with van der Waals surface area (Å²) in [5.74, 6) is 0.228. The van der Waals surface area contributed by atoms with Crippen molar-refractivity contribution in [1.82, 2.24) is 0 Å². The molecule has 0 saturated heterocycles. The predicted octanol–water partition coefficient (Wildman–Crippen LogP) is 2.29. The van der Waals surface area contributed by atoms with Crippen molar-refractivity contribution in [1.29, 1.82) is 0 Å². The molecule has 0 saturated carbocycles. The van der Waals surface area contributed by atoms with E-state index in [0.717, 1.165) is 6.26 Å². The van der Waals surface area contributed by atoms with Gasteiger partial charge in [-0.05, 0) is 25.1 Å². The number of rotatable bonds is 4. The van der Waals surface area contributed by atoms with E-state index in [2.05, 4.69) is 9.73 Å². The van der Waals surface area contributed by atoms with E-state index in [1.165, 1.54) is 12.1 Å². The molecule has 2 aromatic rings. The molecule has 0 bridgehead atoms. The highest BCUT2D eigenvalue weighted by atomic mass is 16.5. The van der Waals surface area contributed by atoms with Crippen LogP contribution >= 0.6 is 0 Å². The monoisotopic (exact) mass is 259 g/mol. The number of ether oxygens (including phenoxy) is 1. The Bertz CT molecular complexity index is 613. The Morgan fingerprint density at radius 3 is 2.74 bits per heavy atom. The van der Waals surface area contributed by atoms with Crippen molar-refractivity contribution in [2.45, 2.75) is 6.92 Å². The van der Waals surface area contributed by atoms with E-state index in [4.69, 9.17) is 4.74 Å². The zero-order valence-electron chi connectivity index (χ0n) is 10.4. The molecule has 1 heterocycles. The van der Waals surface area contributed by atoms with Gasteiger partial charge in [0.2, 0.25) is 0 Å². The van der Waals surface area contributed by atoms with Crippen LogP contribution < -0.4 is 15.7 Å². The van der Waals surface area contributed by atoms with E-state index in [-0.39, 0.29) is 11.5 Å². The van der Waals surface area contributed by atoms with Gasteiger partial charge in [-0.3, -0.25) is 4.79 Å². The molecule has 1 N–H and O–H groups in total. The summed E-state index contributed by atoms with van der Waals surface area (Å²) in [6.07, 6.45) is 1.13. The van der Waals surface area contributed by atoms with Gasteiger partial charge in [-0.2, -0.15) is 0 Å². The molecule has 0 aliphatic heterocycles. The third-order valence-corrected chi connectivity index (χ3v) is 2.40. The van der Waals surface area contributed by atoms with Crippen LogP contribution in [0.2, 0.25) is 0 Å². The van der Waals surface area contributed by atoms with Crippen LogP contribution in [0.25, 0.3) is 0 Å².